The standard InChI is InChI=1S/C14H11Cl2N/c15-12-6-2-4-10(13(12)16)11-5-1-3-9-7-8-17-14(9)11/h1-6,17H,7-8H2. The molecule has 1 aliphatic rings. The van der Waals surface area contributed by atoms with Crippen molar-refractivity contribution in [3.8, 4) is 11.1 Å². The van der Waals surface area contributed by atoms with Crippen molar-refractivity contribution in [3.05, 3.63) is 52.0 Å². The largest absolute Gasteiger partial charge is 0.384 e. The first-order valence-corrected chi connectivity index (χ1v) is 6.33. The van der Waals surface area contributed by atoms with E-state index in [0.29, 0.717) is 10.0 Å². The normalized spacial score (nSPS) is 13.3. The number of halogens is 2. The minimum Gasteiger partial charge on any atom is -0.384 e. The lowest BCUT2D eigenvalue weighted by Crippen LogP contribution is -1.93. The fourth-order valence-electron chi connectivity index (χ4n) is 2.28. The maximum absolute atomic E-state index is 6.27. The monoisotopic (exact) mass is 263 g/mol. The van der Waals surface area contributed by atoms with E-state index >= 15 is 0 Å². The van der Waals surface area contributed by atoms with Gasteiger partial charge in [-0.2, -0.15) is 0 Å². The number of benzene rings is 2. The van der Waals surface area contributed by atoms with Crippen molar-refractivity contribution in [3.63, 3.8) is 0 Å². The van der Waals surface area contributed by atoms with Gasteiger partial charge in [0.25, 0.3) is 0 Å². The molecule has 3 heteroatoms. The van der Waals surface area contributed by atoms with Gasteiger partial charge >= 0.3 is 0 Å². The molecule has 0 saturated carbocycles. The number of fused-ring (bicyclic) bond motifs is 1. The summed E-state index contributed by atoms with van der Waals surface area (Å²) in [6.07, 6.45) is 1.07. The second kappa shape index (κ2) is 4.25. The Hall–Kier alpha value is -1.18. The quantitative estimate of drug-likeness (QED) is 0.791. The third-order valence-corrected chi connectivity index (χ3v) is 3.91. The predicted octanol–water partition coefficient (Wildman–Crippen LogP) is 4.63. The molecule has 2 aromatic rings. The van der Waals surface area contributed by atoms with Gasteiger partial charge in [-0.3, -0.25) is 0 Å². The fourth-order valence-corrected chi connectivity index (χ4v) is 2.68. The first-order chi connectivity index (χ1) is 8.27. The molecule has 17 heavy (non-hydrogen) atoms. The van der Waals surface area contributed by atoms with Crippen LogP contribution < -0.4 is 5.32 Å². The van der Waals surface area contributed by atoms with Gasteiger partial charge in [-0.05, 0) is 18.1 Å². The van der Waals surface area contributed by atoms with Crippen LogP contribution in [0.5, 0.6) is 0 Å². The van der Waals surface area contributed by atoms with Crippen molar-refractivity contribution >= 4 is 28.9 Å². The molecule has 3 rings (SSSR count). The summed E-state index contributed by atoms with van der Waals surface area (Å²) < 4.78 is 0. The van der Waals surface area contributed by atoms with E-state index in [0.717, 1.165) is 24.1 Å². The zero-order chi connectivity index (χ0) is 11.8. The molecule has 1 aliphatic heterocycles. The Labute approximate surface area is 110 Å². The van der Waals surface area contributed by atoms with E-state index in [1.54, 1.807) is 0 Å². The van der Waals surface area contributed by atoms with E-state index < -0.39 is 0 Å². The highest BCUT2D eigenvalue weighted by Crippen LogP contribution is 2.39. The highest BCUT2D eigenvalue weighted by molar-refractivity contribution is 6.43. The van der Waals surface area contributed by atoms with E-state index in [2.05, 4.69) is 23.5 Å². The summed E-state index contributed by atoms with van der Waals surface area (Å²) in [4.78, 5) is 0. The van der Waals surface area contributed by atoms with Gasteiger partial charge in [-0.1, -0.05) is 53.5 Å². The van der Waals surface area contributed by atoms with Crippen LogP contribution in [0.2, 0.25) is 10.0 Å². The predicted molar refractivity (Wildman–Crippen MR) is 74.1 cm³/mol. The van der Waals surface area contributed by atoms with Gasteiger partial charge in [-0.25, -0.2) is 0 Å². The van der Waals surface area contributed by atoms with E-state index in [-0.39, 0.29) is 0 Å². The number of hydrogen-bond acceptors (Lipinski definition) is 1. The Kier molecular flexibility index (Phi) is 2.73. The summed E-state index contributed by atoms with van der Waals surface area (Å²) in [5.74, 6) is 0. The molecular weight excluding hydrogens is 253 g/mol. The van der Waals surface area contributed by atoms with Gasteiger partial charge in [0.1, 0.15) is 0 Å². The molecule has 2 aromatic carbocycles. The molecule has 0 bridgehead atoms. The third kappa shape index (κ3) is 1.80. The molecule has 0 aromatic heterocycles. The van der Waals surface area contributed by atoms with Crippen molar-refractivity contribution in [2.24, 2.45) is 0 Å². The summed E-state index contributed by atoms with van der Waals surface area (Å²) >= 11 is 12.3. The molecule has 1 heterocycles. The van der Waals surface area contributed by atoms with Gasteiger partial charge in [0.05, 0.1) is 10.0 Å². The molecule has 0 saturated heterocycles. The van der Waals surface area contributed by atoms with Crippen LogP contribution in [0.25, 0.3) is 11.1 Å². The number of para-hydroxylation sites is 1. The molecule has 0 unspecified atom stereocenters. The van der Waals surface area contributed by atoms with Crippen molar-refractivity contribution in [2.45, 2.75) is 6.42 Å². The fraction of sp³-hybridized carbons (Fsp3) is 0.143. The highest BCUT2D eigenvalue weighted by atomic mass is 35.5. The zero-order valence-corrected chi connectivity index (χ0v) is 10.6. The topological polar surface area (TPSA) is 12.0 Å². The summed E-state index contributed by atoms with van der Waals surface area (Å²) in [5, 5.41) is 4.63. The summed E-state index contributed by atoms with van der Waals surface area (Å²) in [6.45, 7) is 0.991. The van der Waals surface area contributed by atoms with Crippen molar-refractivity contribution < 1.29 is 0 Å². The van der Waals surface area contributed by atoms with Crippen LogP contribution >= 0.6 is 23.2 Å². The van der Waals surface area contributed by atoms with Crippen LogP contribution in [0.15, 0.2) is 36.4 Å². The smallest absolute Gasteiger partial charge is 0.0671 e. The lowest BCUT2D eigenvalue weighted by Gasteiger charge is -2.11. The van der Waals surface area contributed by atoms with Gasteiger partial charge in [0.15, 0.2) is 0 Å². The van der Waals surface area contributed by atoms with E-state index in [1.165, 1.54) is 11.3 Å². The average molecular weight is 264 g/mol. The first-order valence-electron chi connectivity index (χ1n) is 5.57. The molecule has 86 valence electrons. The SMILES string of the molecule is Clc1cccc(-c2cccc3c2NCC3)c1Cl. The molecular formula is C14H11Cl2N. The number of nitrogens with one attached hydrogen (secondary N) is 1. The Morgan fingerprint density at radius 3 is 2.59 bits per heavy atom. The summed E-state index contributed by atoms with van der Waals surface area (Å²) in [6, 6.07) is 12.0. The molecule has 1 N–H and O–H groups in total. The van der Waals surface area contributed by atoms with Crippen LogP contribution in [-0.4, -0.2) is 6.54 Å². The van der Waals surface area contributed by atoms with Crippen LogP contribution in [0.3, 0.4) is 0 Å². The molecule has 0 radical (unpaired) electrons. The van der Waals surface area contributed by atoms with Crippen LogP contribution in [0.1, 0.15) is 5.56 Å². The van der Waals surface area contributed by atoms with Crippen molar-refractivity contribution in [1.82, 2.24) is 0 Å². The number of hydrogen-bond donors (Lipinski definition) is 1. The lowest BCUT2D eigenvalue weighted by atomic mass is 10.0. The van der Waals surface area contributed by atoms with Crippen molar-refractivity contribution in [2.75, 3.05) is 11.9 Å². The minimum absolute atomic E-state index is 0.597. The molecule has 0 amide bonds. The Balaban J connectivity index is 2.23. The zero-order valence-electron chi connectivity index (χ0n) is 9.13. The van der Waals surface area contributed by atoms with E-state index in [1.807, 2.05) is 18.2 Å². The van der Waals surface area contributed by atoms with Crippen LogP contribution in [0.4, 0.5) is 5.69 Å². The summed E-state index contributed by atoms with van der Waals surface area (Å²) in [5.41, 5.74) is 4.66. The number of rotatable bonds is 1. The van der Waals surface area contributed by atoms with Gasteiger partial charge in [0, 0.05) is 23.4 Å². The number of anilines is 1. The molecule has 0 spiro atoms. The highest BCUT2D eigenvalue weighted by Gasteiger charge is 2.16. The Morgan fingerprint density at radius 1 is 0.941 bits per heavy atom. The van der Waals surface area contributed by atoms with Gasteiger partial charge in [0.2, 0.25) is 0 Å². The molecule has 1 nitrogen and oxygen atoms in total. The third-order valence-electron chi connectivity index (χ3n) is 3.09. The van der Waals surface area contributed by atoms with Crippen LogP contribution in [-0.2, 0) is 6.42 Å². The first kappa shape index (κ1) is 10.9. The van der Waals surface area contributed by atoms with Crippen LogP contribution in [0, 0.1) is 0 Å². The Bertz CT molecular complexity index is 578. The second-order valence-corrected chi connectivity index (χ2v) is 4.90. The average Bonchev–Trinajstić information content (AvgIpc) is 2.81. The minimum atomic E-state index is 0.597. The summed E-state index contributed by atoms with van der Waals surface area (Å²) in [7, 11) is 0. The van der Waals surface area contributed by atoms with E-state index in [4.69, 9.17) is 23.2 Å². The maximum atomic E-state index is 6.27. The van der Waals surface area contributed by atoms with E-state index in [9.17, 15) is 0 Å². The molecule has 0 aliphatic carbocycles. The van der Waals surface area contributed by atoms with Gasteiger partial charge < -0.3 is 5.32 Å². The Morgan fingerprint density at radius 2 is 1.71 bits per heavy atom. The second-order valence-electron chi connectivity index (χ2n) is 4.12. The molecule has 0 fully saturated rings. The lowest BCUT2D eigenvalue weighted by molar-refractivity contribution is 1.11. The van der Waals surface area contributed by atoms with Crippen molar-refractivity contribution in [1.29, 1.82) is 0 Å². The molecule has 0 atom stereocenters. The maximum Gasteiger partial charge on any atom is 0.0671 e. The van der Waals surface area contributed by atoms with Gasteiger partial charge in [-0.15, -0.1) is 0 Å².